The number of rotatable bonds is 6. The summed E-state index contributed by atoms with van der Waals surface area (Å²) in [6.45, 7) is 1.61. The van der Waals surface area contributed by atoms with Crippen LogP contribution < -0.4 is 15.6 Å². The van der Waals surface area contributed by atoms with E-state index in [2.05, 4.69) is 20.6 Å². The van der Waals surface area contributed by atoms with Crippen molar-refractivity contribution in [3.63, 3.8) is 0 Å². The van der Waals surface area contributed by atoms with Crippen LogP contribution in [0.1, 0.15) is 18.8 Å². The number of pyridine rings is 1. The minimum Gasteiger partial charge on any atom is -0.497 e. The third-order valence-corrected chi connectivity index (χ3v) is 4.65. The Labute approximate surface area is 172 Å². The molecule has 0 aliphatic rings. The topological polar surface area (TPSA) is 103 Å². The van der Waals surface area contributed by atoms with Gasteiger partial charge in [-0.25, -0.2) is 4.68 Å². The molecule has 0 unspecified atom stereocenters. The lowest BCUT2D eigenvalue weighted by Crippen LogP contribution is -2.35. The third-order valence-electron chi connectivity index (χ3n) is 4.65. The summed E-state index contributed by atoms with van der Waals surface area (Å²) < 4.78 is 8.10. The molecule has 0 radical (unpaired) electrons. The van der Waals surface area contributed by atoms with Gasteiger partial charge in [0.25, 0.3) is 5.56 Å². The highest BCUT2D eigenvalue weighted by Crippen LogP contribution is 2.19. The number of hydrogen-bond acceptors (Lipinski definition) is 6. The van der Waals surface area contributed by atoms with Crippen LogP contribution in [0.15, 0.2) is 65.6 Å². The largest absolute Gasteiger partial charge is 0.497 e. The standard InChI is InChI=1S/C21H20N6O3/c1-14(21-24-23-18-5-3-4-12-26(18)21)22-19(28)13-27-20(29)11-10-17(25-27)15-6-8-16(30-2)9-7-15/h3-12,14H,13H2,1-2H3,(H,22,28)/t14-/m0/s1. The number of methoxy groups -OCH3 is 1. The fraction of sp³-hybridized carbons (Fsp3) is 0.190. The van der Waals surface area contributed by atoms with E-state index >= 15 is 0 Å². The molecule has 3 aromatic heterocycles. The van der Waals surface area contributed by atoms with E-state index in [9.17, 15) is 9.59 Å². The first-order valence-corrected chi connectivity index (χ1v) is 9.37. The van der Waals surface area contributed by atoms with E-state index in [0.717, 1.165) is 16.0 Å². The summed E-state index contributed by atoms with van der Waals surface area (Å²) in [7, 11) is 1.59. The summed E-state index contributed by atoms with van der Waals surface area (Å²) in [6.07, 6.45) is 1.83. The molecule has 0 fully saturated rings. The van der Waals surface area contributed by atoms with Crippen LogP contribution in [0, 0.1) is 0 Å². The number of carbonyl (C=O) groups is 1. The predicted octanol–water partition coefficient (Wildman–Crippen LogP) is 1.84. The fourth-order valence-corrected chi connectivity index (χ4v) is 3.12. The highest BCUT2D eigenvalue weighted by Gasteiger charge is 2.16. The molecule has 0 aliphatic heterocycles. The number of fused-ring (bicyclic) bond motifs is 1. The molecule has 0 saturated carbocycles. The second-order valence-electron chi connectivity index (χ2n) is 6.72. The molecule has 1 N–H and O–H groups in total. The molecule has 152 valence electrons. The van der Waals surface area contributed by atoms with E-state index in [-0.39, 0.29) is 18.0 Å². The van der Waals surface area contributed by atoms with Gasteiger partial charge < -0.3 is 10.1 Å². The monoisotopic (exact) mass is 404 g/mol. The van der Waals surface area contributed by atoms with Crippen molar-refractivity contribution in [3.8, 4) is 17.0 Å². The molecule has 0 aliphatic carbocycles. The van der Waals surface area contributed by atoms with Crippen LogP contribution in [-0.4, -0.2) is 37.4 Å². The normalized spacial score (nSPS) is 11.9. The van der Waals surface area contributed by atoms with Crippen LogP contribution in [0.5, 0.6) is 5.75 Å². The van der Waals surface area contributed by atoms with Gasteiger partial charge in [0.15, 0.2) is 11.5 Å². The highest BCUT2D eigenvalue weighted by molar-refractivity contribution is 5.76. The molecule has 1 aromatic carbocycles. The van der Waals surface area contributed by atoms with E-state index < -0.39 is 6.04 Å². The average molecular weight is 404 g/mol. The lowest BCUT2D eigenvalue weighted by atomic mass is 10.1. The minimum atomic E-state index is -0.393. The van der Waals surface area contributed by atoms with Crippen molar-refractivity contribution in [2.24, 2.45) is 0 Å². The molecular weight excluding hydrogens is 384 g/mol. The predicted molar refractivity (Wildman–Crippen MR) is 110 cm³/mol. The zero-order chi connectivity index (χ0) is 21.1. The van der Waals surface area contributed by atoms with Gasteiger partial charge in [0.2, 0.25) is 5.91 Å². The Morgan fingerprint density at radius 3 is 2.67 bits per heavy atom. The smallest absolute Gasteiger partial charge is 0.267 e. The molecule has 30 heavy (non-hydrogen) atoms. The number of amides is 1. The Balaban J connectivity index is 1.50. The van der Waals surface area contributed by atoms with Gasteiger partial charge in [-0.1, -0.05) is 6.07 Å². The van der Waals surface area contributed by atoms with Crippen molar-refractivity contribution in [3.05, 3.63) is 77.0 Å². The Bertz CT molecular complexity index is 1250. The molecular formula is C21H20N6O3. The molecule has 0 bridgehead atoms. The van der Waals surface area contributed by atoms with Gasteiger partial charge in [-0.15, -0.1) is 10.2 Å². The van der Waals surface area contributed by atoms with Crippen LogP contribution >= 0.6 is 0 Å². The first-order valence-electron chi connectivity index (χ1n) is 9.37. The molecule has 0 saturated heterocycles. The quantitative estimate of drug-likeness (QED) is 0.526. The van der Waals surface area contributed by atoms with Gasteiger partial charge in [-0.3, -0.25) is 14.0 Å². The van der Waals surface area contributed by atoms with Crippen molar-refractivity contribution >= 4 is 11.6 Å². The molecule has 4 rings (SSSR count). The van der Waals surface area contributed by atoms with Gasteiger partial charge in [0, 0.05) is 17.8 Å². The van der Waals surface area contributed by atoms with Crippen molar-refractivity contribution in [1.82, 2.24) is 29.7 Å². The number of benzene rings is 1. The second-order valence-corrected chi connectivity index (χ2v) is 6.72. The zero-order valence-electron chi connectivity index (χ0n) is 16.5. The van der Waals surface area contributed by atoms with E-state index in [4.69, 9.17) is 4.74 Å². The molecule has 3 heterocycles. The van der Waals surface area contributed by atoms with Crippen LogP contribution in [0.25, 0.3) is 16.9 Å². The lowest BCUT2D eigenvalue weighted by molar-refractivity contribution is -0.122. The summed E-state index contributed by atoms with van der Waals surface area (Å²) >= 11 is 0. The zero-order valence-corrected chi connectivity index (χ0v) is 16.5. The van der Waals surface area contributed by atoms with E-state index in [0.29, 0.717) is 17.2 Å². The van der Waals surface area contributed by atoms with Gasteiger partial charge in [0.05, 0.1) is 18.8 Å². The summed E-state index contributed by atoms with van der Waals surface area (Å²) in [5, 5.41) is 15.4. The van der Waals surface area contributed by atoms with E-state index in [1.807, 2.05) is 55.6 Å². The Morgan fingerprint density at radius 1 is 1.10 bits per heavy atom. The van der Waals surface area contributed by atoms with Crippen molar-refractivity contribution in [2.45, 2.75) is 19.5 Å². The fourth-order valence-electron chi connectivity index (χ4n) is 3.12. The molecule has 1 amide bonds. The van der Waals surface area contributed by atoms with Crippen molar-refractivity contribution < 1.29 is 9.53 Å². The third kappa shape index (κ3) is 3.90. The van der Waals surface area contributed by atoms with Crippen molar-refractivity contribution in [1.29, 1.82) is 0 Å². The van der Waals surface area contributed by atoms with Crippen molar-refractivity contribution in [2.75, 3.05) is 7.11 Å². The summed E-state index contributed by atoms with van der Waals surface area (Å²) in [5.74, 6) is 0.976. The molecule has 1 atom stereocenters. The Morgan fingerprint density at radius 2 is 1.90 bits per heavy atom. The summed E-state index contributed by atoms with van der Waals surface area (Å²) in [6, 6.07) is 15.5. The maximum Gasteiger partial charge on any atom is 0.267 e. The number of ether oxygens (including phenoxy) is 1. The first-order chi connectivity index (χ1) is 14.5. The Kier molecular flexibility index (Phi) is 5.25. The van der Waals surface area contributed by atoms with Crippen LogP contribution in [0.2, 0.25) is 0 Å². The number of carbonyl (C=O) groups excluding carboxylic acids is 1. The van der Waals surface area contributed by atoms with Gasteiger partial charge in [0.1, 0.15) is 12.3 Å². The first kappa shape index (κ1) is 19.3. The maximum absolute atomic E-state index is 12.6. The number of nitrogens with zero attached hydrogens (tertiary/aromatic N) is 5. The summed E-state index contributed by atoms with van der Waals surface area (Å²) in [5.41, 5.74) is 1.73. The SMILES string of the molecule is COc1ccc(-c2ccc(=O)n(CC(=O)N[C@@H](C)c3nnc4ccccn34)n2)cc1. The Hall–Kier alpha value is -4.01. The van der Waals surface area contributed by atoms with Crippen LogP contribution in [-0.2, 0) is 11.3 Å². The van der Waals surface area contributed by atoms with Crippen LogP contribution in [0.3, 0.4) is 0 Å². The highest BCUT2D eigenvalue weighted by atomic mass is 16.5. The minimum absolute atomic E-state index is 0.204. The van der Waals surface area contributed by atoms with Gasteiger partial charge in [-0.05, 0) is 49.4 Å². The average Bonchev–Trinajstić information content (AvgIpc) is 3.20. The van der Waals surface area contributed by atoms with Gasteiger partial charge in [-0.2, -0.15) is 5.10 Å². The molecule has 0 spiro atoms. The maximum atomic E-state index is 12.6. The van der Waals surface area contributed by atoms with Gasteiger partial charge >= 0.3 is 0 Å². The number of aromatic nitrogens is 5. The molecule has 4 aromatic rings. The van der Waals surface area contributed by atoms with E-state index in [1.54, 1.807) is 17.6 Å². The number of hydrogen-bond donors (Lipinski definition) is 1. The number of nitrogens with one attached hydrogen (secondary N) is 1. The second kappa shape index (κ2) is 8.16. The van der Waals surface area contributed by atoms with Crippen LogP contribution in [0.4, 0.5) is 0 Å². The van der Waals surface area contributed by atoms with E-state index in [1.165, 1.54) is 6.07 Å². The summed E-state index contributed by atoms with van der Waals surface area (Å²) in [4.78, 5) is 24.8. The molecule has 9 heteroatoms. The molecule has 9 nitrogen and oxygen atoms in total. The lowest BCUT2D eigenvalue weighted by Gasteiger charge is -2.13.